The SMILES string of the molecule is CCOc1ccc(-n2c(C)nnc2S[C@@H](C[N+](=O)[O-])c2cc(Br)c(OCc3ccc(Br)cc3)c(OCC)c2)cc1. The molecule has 0 N–H and O–H groups in total. The van der Waals surface area contributed by atoms with Crippen molar-refractivity contribution in [2.24, 2.45) is 0 Å². The number of nitrogens with zero attached hydrogens (tertiary/aromatic N) is 4. The van der Waals surface area contributed by atoms with Crippen molar-refractivity contribution < 1.29 is 19.1 Å². The summed E-state index contributed by atoms with van der Waals surface area (Å²) in [6.07, 6.45) is 0. The van der Waals surface area contributed by atoms with E-state index in [2.05, 4.69) is 42.1 Å². The van der Waals surface area contributed by atoms with E-state index in [0.717, 1.165) is 21.5 Å². The number of hydrogen-bond acceptors (Lipinski definition) is 8. The number of nitro groups is 1. The molecule has 0 aliphatic heterocycles. The quantitative estimate of drug-likeness (QED) is 0.0803. The zero-order valence-corrected chi connectivity index (χ0v) is 26.2. The lowest BCUT2D eigenvalue weighted by Crippen LogP contribution is -2.12. The van der Waals surface area contributed by atoms with Crippen molar-refractivity contribution in [3.63, 3.8) is 0 Å². The predicted octanol–water partition coefficient (Wildman–Crippen LogP) is 7.59. The number of thioether (sulfide) groups is 1. The van der Waals surface area contributed by atoms with Crippen LogP contribution < -0.4 is 14.2 Å². The van der Waals surface area contributed by atoms with Gasteiger partial charge in [-0.3, -0.25) is 14.7 Å². The number of aryl methyl sites for hydroxylation is 1. The number of rotatable bonds is 13. The minimum Gasteiger partial charge on any atom is -0.494 e. The highest BCUT2D eigenvalue weighted by Crippen LogP contribution is 2.43. The third-order valence-corrected chi connectivity index (χ3v) is 8.06. The van der Waals surface area contributed by atoms with Crippen LogP contribution in [0.25, 0.3) is 5.69 Å². The molecule has 0 radical (unpaired) electrons. The summed E-state index contributed by atoms with van der Waals surface area (Å²) in [7, 11) is 0. The molecule has 1 heterocycles. The fourth-order valence-corrected chi connectivity index (χ4v) is 5.95. The molecule has 0 unspecified atom stereocenters. The van der Waals surface area contributed by atoms with Crippen LogP contribution in [0.5, 0.6) is 17.2 Å². The Morgan fingerprint density at radius 2 is 1.68 bits per heavy atom. The van der Waals surface area contributed by atoms with Gasteiger partial charge in [0.05, 0.1) is 17.7 Å². The summed E-state index contributed by atoms with van der Waals surface area (Å²) in [4.78, 5) is 11.4. The van der Waals surface area contributed by atoms with Gasteiger partial charge in [0, 0.05) is 15.1 Å². The summed E-state index contributed by atoms with van der Waals surface area (Å²) in [6, 6.07) is 19.1. The van der Waals surface area contributed by atoms with Gasteiger partial charge in [-0.15, -0.1) is 10.2 Å². The Bertz CT molecular complexity index is 1450. The van der Waals surface area contributed by atoms with Crippen LogP contribution in [0.3, 0.4) is 0 Å². The van der Waals surface area contributed by atoms with Crippen LogP contribution in [0, 0.1) is 17.0 Å². The number of benzene rings is 3. The van der Waals surface area contributed by atoms with Crippen LogP contribution >= 0.6 is 43.6 Å². The zero-order chi connectivity index (χ0) is 28.6. The van der Waals surface area contributed by atoms with Gasteiger partial charge in [0.2, 0.25) is 6.54 Å². The average Bonchev–Trinajstić information content (AvgIpc) is 3.29. The maximum Gasteiger partial charge on any atom is 0.220 e. The van der Waals surface area contributed by atoms with Crippen LogP contribution in [0.15, 0.2) is 74.8 Å². The highest BCUT2D eigenvalue weighted by Gasteiger charge is 2.26. The maximum absolute atomic E-state index is 11.7. The van der Waals surface area contributed by atoms with Crippen molar-refractivity contribution in [3.05, 3.63) is 96.7 Å². The third kappa shape index (κ3) is 7.55. The molecular formula is C28H28Br2N4O5S. The van der Waals surface area contributed by atoms with E-state index < -0.39 is 5.25 Å². The van der Waals surface area contributed by atoms with E-state index in [0.29, 0.717) is 52.3 Å². The molecule has 9 nitrogen and oxygen atoms in total. The molecular weight excluding hydrogens is 664 g/mol. The third-order valence-electron chi connectivity index (χ3n) is 5.76. The smallest absolute Gasteiger partial charge is 0.220 e. The highest BCUT2D eigenvalue weighted by atomic mass is 79.9. The highest BCUT2D eigenvalue weighted by molar-refractivity contribution is 9.10. The molecule has 0 fully saturated rings. The number of hydrogen-bond donors (Lipinski definition) is 0. The lowest BCUT2D eigenvalue weighted by Gasteiger charge is -2.19. The standard InChI is InChI=1S/C28H28Br2N4O5S/c1-4-37-23-12-10-22(11-13-23)34-18(3)31-32-28(34)40-26(16-33(35)36)20-14-24(30)27(25(15-20)38-5-2)39-17-19-6-8-21(29)9-7-19/h6-15,26H,4-5,16-17H2,1-3H3/t26-/m0/s1. The van der Waals surface area contributed by atoms with E-state index in [9.17, 15) is 10.1 Å². The van der Waals surface area contributed by atoms with E-state index >= 15 is 0 Å². The molecule has 40 heavy (non-hydrogen) atoms. The Morgan fingerprint density at radius 1 is 0.975 bits per heavy atom. The van der Waals surface area contributed by atoms with E-state index in [1.165, 1.54) is 11.8 Å². The zero-order valence-electron chi connectivity index (χ0n) is 22.2. The normalized spacial score (nSPS) is 11.7. The maximum atomic E-state index is 11.7. The van der Waals surface area contributed by atoms with E-state index in [1.807, 2.05) is 79.9 Å². The molecule has 0 amide bonds. The first-order chi connectivity index (χ1) is 19.3. The van der Waals surface area contributed by atoms with Crippen molar-refractivity contribution in [2.75, 3.05) is 19.8 Å². The first kappa shape index (κ1) is 29.9. The van der Waals surface area contributed by atoms with Crippen LogP contribution in [0.1, 0.15) is 36.0 Å². The topological polar surface area (TPSA) is 102 Å². The fourth-order valence-electron chi connectivity index (χ4n) is 3.96. The van der Waals surface area contributed by atoms with Crippen LogP contribution in [-0.4, -0.2) is 39.4 Å². The lowest BCUT2D eigenvalue weighted by molar-refractivity contribution is -0.479. The summed E-state index contributed by atoms with van der Waals surface area (Å²) in [5.41, 5.74) is 2.53. The second-order valence-corrected chi connectivity index (χ2v) is 11.5. The van der Waals surface area contributed by atoms with Crippen molar-refractivity contribution in [3.8, 4) is 22.9 Å². The van der Waals surface area contributed by atoms with Crippen LogP contribution in [0.2, 0.25) is 0 Å². The number of aromatic nitrogens is 3. The van der Waals surface area contributed by atoms with Gasteiger partial charge < -0.3 is 14.2 Å². The average molecular weight is 692 g/mol. The molecule has 210 valence electrons. The van der Waals surface area contributed by atoms with Gasteiger partial charge >= 0.3 is 0 Å². The molecule has 12 heteroatoms. The minimum atomic E-state index is -0.573. The number of halogens is 2. The summed E-state index contributed by atoms with van der Waals surface area (Å²) in [5.74, 6) is 2.46. The van der Waals surface area contributed by atoms with Gasteiger partial charge in [-0.25, -0.2) is 0 Å². The molecule has 0 aliphatic rings. The van der Waals surface area contributed by atoms with Gasteiger partial charge in [-0.1, -0.05) is 39.8 Å². The van der Waals surface area contributed by atoms with Crippen molar-refractivity contribution in [1.29, 1.82) is 0 Å². The second kappa shape index (κ2) is 14.0. The largest absolute Gasteiger partial charge is 0.494 e. The number of ether oxygens (including phenoxy) is 3. The van der Waals surface area contributed by atoms with E-state index in [4.69, 9.17) is 14.2 Å². The molecule has 1 atom stereocenters. The van der Waals surface area contributed by atoms with Gasteiger partial charge in [0.25, 0.3) is 0 Å². The Labute approximate surface area is 253 Å². The fraction of sp³-hybridized carbons (Fsp3) is 0.286. The molecule has 0 saturated heterocycles. The van der Waals surface area contributed by atoms with Gasteiger partial charge in [-0.2, -0.15) is 0 Å². The van der Waals surface area contributed by atoms with E-state index in [-0.39, 0.29) is 11.5 Å². The molecule has 0 saturated carbocycles. The van der Waals surface area contributed by atoms with Crippen molar-refractivity contribution in [1.82, 2.24) is 14.8 Å². The van der Waals surface area contributed by atoms with Crippen molar-refractivity contribution >= 4 is 43.6 Å². The molecule has 4 rings (SSSR count). The van der Waals surface area contributed by atoms with Gasteiger partial charge in [0.15, 0.2) is 16.7 Å². The first-order valence-electron chi connectivity index (χ1n) is 12.6. The Balaban J connectivity index is 1.64. The van der Waals surface area contributed by atoms with Crippen LogP contribution in [0.4, 0.5) is 0 Å². The second-order valence-electron chi connectivity index (χ2n) is 8.59. The minimum absolute atomic E-state index is 0.322. The summed E-state index contributed by atoms with van der Waals surface area (Å²) in [6.45, 7) is 6.64. The molecule has 0 spiro atoms. The molecule has 0 aliphatic carbocycles. The predicted molar refractivity (Wildman–Crippen MR) is 162 cm³/mol. The monoisotopic (exact) mass is 690 g/mol. The Kier molecular flexibility index (Phi) is 10.5. The molecule has 4 aromatic rings. The lowest BCUT2D eigenvalue weighted by atomic mass is 10.1. The molecule has 1 aromatic heterocycles. The van der Waals surface area contributed by atoms with Crippen molar-refractivity contribution in [2.45, 2.75) is 37.8 Å². The van der Waals surface area contributed by atoms with Crippen LogP contribution in [-0.2, 0) is 6.61 Å². The summed E-state index contributed by atoms with van der Waals surface area (Å²) in [5, 5.41) is 20.3. The Morgan fingerprint density at radius 3 is 2.33 bits per heavy atom. The first-order valence-corrected chi connectivity index (χ1v) is 15.0. The van der Waals surface area contributed by atoms with E-state index in [1.54, 1.807) is 6.07 Å². The van der Waals surface area contributed by atoms with Gasteiger partial charge in [-0.05, 0) is 96.4 Å². The molecule has 3 aromatic carbocycles. The molecule has 0 bridgehead atoms. The summed E-state index contributed by atoms with van der Waals surface area (Å²) < 4.78 is 21.1. The van der Waals surface area contributed by atoms with Gasteiger partial charge in [0.1, 0.15) is 23.4 Å². The Hall–Kier alpha value is -3.09. The summed E-state index contributed by atoms with van der Waals surface area (Å²) >= 11 is 8.33.